The second kappa shape index (κ2) is 21.4. The summed E-state index contributed by atoms with van der Waals surface area (Å²) in [6.45, 7) is 6.02. The number of carbonyl (C=O) groups is 4. The zero-order valence-corrected chi connectivity index (χ0v) is 35.9. The predicted molar refractivity (Wildman–Crippen MR) is 212 cm³/mol. The van der Waals surface area contributed by atoms with Gasteiger partial charge in [-0.05, 0) is 75.4 Å². The summed E-state index contributed by atoms with van der Waals surface area (Å²) in [6, 6.07) is 11.4. The molecule has 2 unspecified atom stereocenters. The Morgan fingerprint density at radius 3 is 2.31 bits per heavy atom. The minimum atomic E-state index is -0.291. The van der Waals surface area contributed by atoms with Crippen molar-refractivity contribution in [1.82, 2.24) is 17.9 Å². The number of carbonyl (C=O) groups excluding carboxylic acids is 4. The number of aromatic amines is 1. The molecule has 1 radical (unpaired) electrons. The molecule has 12 nitrogen and oxygen atoms in total. The smallest absolute Gasteiger partial charge is 0.259 e. The number of hydrogen-bond acceptors (Lipinski definition) is 12. The Kier molecular flexibility index (Phi) is 18.8. The van der Waals surface area contributed by atoms with E-state index in [-0.39, 0.29) is 61.3 Å². The maximum atomic E-state index is 11.8. The molecule has 2 aromatic carbocycles. The maximum Gasteiger partial charge on any atom is 0.259 e. The van der Waals surface area contributed by atoms with Gasteiger partial charge in [0.05, 0.1) is 29.0 Å². The molecule has 52 heavy (non-hydrogen) atoms. The first-order valence-corrected chi connectivity index (χ1v) is 19.0. The number of methoxy groups -OCH3 is 1. The molecule has 0 saturated heterocycles. The Morgan fingerprint density at radius 1 is 1.10 bits per heavy atom. The molecule has 3 aromatic rings. The summed E-state index contributed by atoms with van der Waals surface area (Å²) in [5.74, 6) is 2.69. The third kappa shape index (κ3) is 12.3. The molecule has 3 heterocycles. The van der Waals surface area contributed by atoms with Crippen LogP contribution in [-0.2, 0) is 48.2 Å². The molecule has 283 valence electrons. The SMILES string of the molecule is CN(C)C(=O)COc1ccc2[nH]c3c(c2c1)CSc1cc(OCC=O)ccc1-3.CN(I)C(C=O)C1SCC(CO)=C(C=O)N1C.COC(C)(C)C.[V]. The number of benzene rings is 2. The number of rotatable bonds is 11. The Morgan fingerprint density at radius 2 is 1.75 bits per heavy atom. The molecule has 2 aliphatic rings. The van der Waals surface area contributed by atoms with E-state index in [1.165, 1.54) is 10.5 Å². The molecule has 2 atom stereocenters. The summed E-state index contributed by atoms with van der Waals surface area (Å²) >= 11 is 5.35. The van der Waals surface area contributed by atoms with Gasteiger partial charge in [0.15, 0.2) is 19.2 Å². The third-order valence-electron chi connectivity index (χ3n) is 7.96. The molecule has 0 spiro atoms. The van der Waals surface area contributed by atoms with Gasteiger partial charge in [-0.2, -0.15) is 0 Å². The largest absolute Gasteiger partial charge is 0.486 e. The van der Waals surface area contributed by atoms with Gasteiger partial charge in [-0.25, -0.2) is 3.11 Å². The van der Waals surface area contributed by atoms with Crippen LogP contribution in [0.25, 0.3) is 22.2 Å². The average molecular weight is 906 g/mol. The minimum absolute atomic E-state index is 0. The number of fused-ring (bicyclic) bond motifs is 5. The Labute approximate surface area is 340 Å². The van der Waals surface area contributed by atoms with E-state index >= 15 is 0 Å². The van der Waals surface area contributed by atoms with Crippen LogP contribution in [0, 0.1) is 0 Å². The zero-order valence-electron chi connectivity index (χ0n) is 30.7. The fraction of sp³-hybridized carbons (Fsp3) is 0.444. The summed E-state index contributed by atoms with van der Waals surface area (Å²) in [4.78, 5) is 52.3. The van der Waals surface area contributed by atoms with E-state index in [4.69, 9.17) is 19.3 Å². The van der Waals surface area contributed by atoms with Gasteiger partial charge in [0.25, 0.3) is 5.91 Å². The Hall–Kier alpha value is -2.51. The van der Waals surface area contributed by atoms with E-state index in [1.54, 1.807) is 59.8 Å². The first kappa shape index (κ1) is 45.7. The summed E-state index contributed by atoms with van der Waals surface area (Å²) in [5, 5.41) is 10.2. The van der Waals surface area contributed by atoms with Crippen molar-refractivity contribution in [2.45, 2.75) is 48.4 Å². The average Bonchev–Trinajstić information content (AvgIpc) is 3.48. The van der Waals surface area contributed by atoms with E-state index in [2.05, 4.69) is 27.8 Å². The molecule has 0 bridgehead atoms. The van der Waals surface area contributed by atoms with Crippen molar-refractivity contribution in [3.63, 3.8) is 0 Å². The summed E-state index contributed by atoms with van der Waals surface area (Å²) < 4.78 is 17.8. The molecular weight excluding hydrogens is 858 g/mol. The molecular formula is C36H47IN4O8S2V. The quantitative estimate of drug-likeness (QED) is 0.149. The van der Waals surface area contributed by atoms with Gasteiger partial charge in [-0.15, -0.1) is 23.5 Å². The van der Waals surface area contributed by atoms with E-state index < -0.39 is 0 Å². The number of H-pyrrole nitrogens is 1. The van der Waals surface area contributed by atoms with Gasteiger partial charge in [0.2, 0.25) is 0 Å². The van der Waals surface area contributed by atoms with Crippen LogP contribution < -0.4 is 9.47 Å². The molecule has 1 amide bonds. The first-order chi connectivity index (χ1) is 24.2. The van der Waals surface area contributed by atoms with Crippen molar-refractivity contribution >= 4 is 82.1 Å². The molecule has 5 rings (SSSR count). The van der Waals surface area contributed by atoms with Crippen LogP contribution in [0.5, 0.6) is 11.5 Å². The van der Waals surface area contributed by atoms with Gasteiger partial charge in [-0.3, -0.25) is 14.4 Å². The van der Waals surface area contributed by atoms with Crippen LogP contribution in [-0.4, -0.2) is 126 Å². The van der Waals surface area contributed by atoms with Crippen LogP contribution in [0.2, 0.25) is 0 Å². The number of thioether (sulfide) groups is 2. The van der Waals surface area contributed by atoms with Crippen LogP contribution in [0.3, 0.4) is 0 Å². The first-order valence-electron chi connectivity index (χ1n) is 16.0. The fourth-order valence-electron chi connectivity index (χ4n) is 4.87. The Bertz CT molecular complexity index is 1710. The minimum Gasteiger partial charge on any atom is -0.486 e. The molecule has 0 saturated carbocycles. The number of aromatic nitrogens is 1. The van der Waals surface area contributed by atoms with E-state index in [0.29, 0.717) is 28.5 Å². The normalized spacial score (nSPS) is 15.4. The summed E-state index contributed by atoms with van der Waals surface area (Å²) in [7, 11) is 8.72. The van der Waals surface area contributed by atoms with Gasteiger partial charge in [0, 0.05) is 103 Å². The molecule has 2 aliphatic heterocycles. The fourth-order valence-corrected chi connectivity index (χ4v) is 8.05. The molecule has 16 heteroatoms. The number of nitrogens with one attached hydrogen (secondary N) is 1. The topological polar surface area (TPSA) is 142 Å². The molecule has 0 fully saturated rings. The van der Waals surface area contributed by atoms with Crippen LogP contribution >= 0.6 is 46.4 Å². The van der Waals surface area contributed by atoms with Crippen molar-refractivity contribution in [1.29, 1.82) is 0 Å². The van der Waals surface area contributed by atoms with Gasteiger partial charge in [-0.1, -0.05) is 0 Å². The van der Waals surface area contributed by atoms with Gasteiger partial charge in [0.1, 0.15) is 30.4 Å². The number of halogens is 1. The van der Waals surface area contributed by atoms with Crippen LogP contribution in [0.15, 0.2) is 52.6 Å². The van der Waals surface area contributed by atoms with Crippen molar-refractivity contribution in [3.05, 3.63) is 53.2 Å². The zero-order chi connectivity index (χ0) is 37.9. The number of nitrogens with zero attached hydrogens (tertiary/aromatic N) is 3. The second-order valence-corrected chi connectivity index (χ2v) is 16.4. The van der Waals surface area contributed by atoms with Crippen molar-refractivity contribution in [2.75, 3.05) is 60.9 Å². The van der Waals surface area contributed by atoms with E-state index in [9.17, 15) is 19.2 Å². The van der Waals surface area contributed by atoms with Gasteiger partial charge >= 0.3 is 0 Å². The number of aliphatic hydroxyl groups is 1. The maximum absolute atomic E-state index is 11.8. The Balaban J connectivity index is 0.000000333. The van der Waals surface area contributed by atoms with E-state index in [1.807, 2.05) is 64.2 Å². The second-order valence-electron chi connectivity index (χ2n) is 12.7. The van der Waals surface area contributed by atoms with Crippen LogP contribution in [0.4, 0.5) is 0 Å². The monoisotopic (exact) mass is 905 g/mol. The number of amides is 1. The van der Waals surface area contributed by atoms with E-state index in [0.717, 1.165) is 51.7 Å². The number of likely N-dealkylation sites (N-methyl/N-ethyl adjacent to an activating group) is 3. The molecule has 2 N–H and O–H groups in total. The molecule has 0 aliphatic carbocycles. The number of ether oxygens (including phenoxy) is 3. The standard InChI is InChI=1S/C21H20N2O4S.C10H15IN2O3S.C5H12O.V/c1-23(2)20(25)11-27-13-4-6-18-16(9-13)17-12-28-19-10-14(26-8-7-24)3-5-15(19)21(17)22-18;1-12-8(4-15)7(3-14)6-17-10(12)9(5-16)13(2)11;1-5(2,3)6-4;/h3-7,9-10,22H,8,11-12H2,1-2H3;4-5,9-10,14H,3,6H2,1-2H3;1-4H3;. The number of aldehydes is 3. The number of aliphatic hydroxyl groups excluding tert-OH is 1. The van der Waals surface area contributed by atoms with Gasteiger partial charge < -0.3 is 38.9 Å². The van der Waals surface area contributed by atoms with Crippen molar-refractivity contribution in [3.8, 4) is 22.8 Å². The number of allylic oxidation sites excluding steroid dienone is 1. The predicted octanol–water partition coefficient (Wildman–Crippen LogP) is 5.20. The molecule has 1 aromatic heterocycles. The van der Waals surface area contributed by atoms with Crippen molar-refractivity contribution < 1.29 is 57.1 Å². The summed E-state index contributed by atoms with van der Waals surface area (Å²) in [6.07, 6.45) is 2.37. The third-order valence-corrected chi connectivity index (χ3v) is 11.1. The van der Waals surface area contributed by atoms with Crippen LogP contribution in [0.1, 0.15) is 26.3 Å². The number of hydrogen-bond donors (Lipinski definition) is 2. The summed E-state index contributed by atoms with van der Waals surface area (Å²) in [5.41, 5.74) is 5.70. The van der Waals surface area contributed by atoms with Crippen molar-refractivity contribution in [2.24, 2.45) is 0 Å².